The van der Waals surface area contributed by atoms with E-state index < -0.39 is 17.8 Å². The lowest BCUT2D eigenvalue weighted by molar-refractivity contribution is -0.105. The molecular weight excluding hydrogens is 602 g/mol. The normalized spacial score (nSPS) is 15.9. The summed E-state index contributed by atoms with van der Waals surface area (Å²) in [6, 6.07) is 12.1. The van der Waals surface area contributed by atoms with Gasteiger partial charge in [-0.25, -0.2) is 14.3 Å². The summed E-state index contributed by atoms with van der Waals surface area (Å²) < 4.78 is 6.65. The summed E-state index contributed by atoms with van der Waals surface area (Å²) in [7, 11) is 1.56. The number of benzene rings is 2. The molecule has 47 heavy (non-hydrogen) atoms. The minimum absolute atomic E-state index is 0.0692. The Morgan fingerprint density at radius 3 is 2.70 bits per heavy atom. The average Bonchev–Trinajstić information content (AvgIpc) is 3.72. The number of rotatable bonds is 10. The van der Waals surface area contributed by atoms with Crippen LogP contribution < -0.4 is 16.4 Å². The number of nitrogens with zero attached hydrogens (tertiary/aromatic N) is 4. The number of allylic oxidation sites excluding steroid dienone is 1. The van der Waals surface area contributed by atoms with Gasteiger partial charge >= 0.3 is 5.97 Å². The summed E-state index contributed by atoms with van der Waals surface area (Å²) in [5, 5.41) is 19.7. The molecule has 2 aromatic carbocycles. The van der Waals surface area contributed by atoms with Crippen molar-refractivity contribution in [2.24, 2.45) is 5.73 Å². The predicted octanol–water partition coefficient (Wildman–Crippen LogP) is 2.46. The Labute approximate surface area is 270 Å². The Balaban J connectivity index is 1.17. The number of aldehydes is 1. The first kappa shape index (κ1) is 31.4. The highest BCUT2D eigenvalue weighted by Crippen LogP contribution is 2.35. The minimum atomic E-state index is -0.981. The van der Waals surface area contributed by atoms with E-state index in [1.807, 2.05) is 23.1 Å². The van der Waals surface area contributed by atoms with Crippen LogP contribution in [0.25, 0.3) is 5.65 Å². The van der Waals surface area contributed by atoms with Crippen LogP contribution in [0.15, 0.2) is 60.1 Å². The molecule has 242 valence electrons. The number of amides is 2. The van der Waals surface area contributed by atoms with Crippen LogP contribution in [0.3, 0.4) is 0 Å². The van der Waals surface area contributed by atoms with Crippen molar-refractivity contribution in [2.45, 2.75) is 45.3 Å². The third-order valence-electron chi connectivity index (χ3n) is 8.91. The van der Waals surface area contributed by atoms with Crippen molar-refractivity contribution >= 4 is 29.7 Å². The van der Waals surface area contributed by atoms with E-state index in [0.717, 1.165) is 28.7 Å². The van der Waals surface area contributed by atoms with Crippen LogP contribution in [-0.4, -0.2) is 68.9 Å². The number of fused-ring (bicyclic) bond motifs is 3. The molecule has 2 aliphatic rings. The summed E-state index contributed by atoms with van der Waals surface area (Å²) in [4.78, 5) is 56.3. The maximum Gasteiger partial charge on any atom is 0.335 e. The Morgan fingerprint density at radius 2 is 1.94 bits per heavy atom. The number of hydrogen-bond donors (Lipinski definition) is 4. The molecule has 5 N–H and O–H groups in total. The average molecular weight is 638 g/mol. The van der Waals surface area contributed by atoms with Gasteiger partial charge in [0.15, 0.2) is 11.9 Å². The Kier molecular flexibility index (Phi) is 8.72. The van der Waals surface area contributed by atoms with Crippen LogP contribution in [0.2, 0.25) is 0 Å². The first-order valence-corrected chi connectivity index (χ1v) is 15.3. The van der Waals surface area contributed by atoms with Gasteiger partial charge in [0, 0.05) is 38.9 Å². The van der Waals surface area contributed by atoms with Gasteiger partial charge in [0.25, 0.3) is 11.8 Å². The Morgan fingerprint density at radius 1 is 1.11 bits per heavy atom. The number of carboxylic acids is 1. The standard InChI is InChI=1S/C34H35N7O6/c1-19-23-7-8-27(25(23)6-5-24(19)34(45)46)39-33(44)29-14-28(38-31-9-11-37-41(29)31)32(43)36-15-20-3-4-21-10-12-40(16-22(21)13-20)30(18-47-2)26(35)17-42/h3-6,9,11,13-14,17,27H,7-8,10,12,15-16,18,35H2,1-2H3,(H,36,43)(H,39,44)(H,45,46)/b30-26-/t27-/m0/s1. The van der Waals surface area contributed by atoms with Crippen LogP contribution in [0, 0.1) is 6.92 Å². The molecule has 13 nitrogen and oxygen atoms in total. The summed E-state index contributed by atoms with van der Waals surface area (Å²) in [5.74, 6) is -1.86. The summed E-state index contributed by atoms with van der Waals surface area (Å²) in [6.45, 7) is 3.50. The molecule has 1 aliphatic carbocycles. The third kappa shape index (κ3) is 6.17. The molecule has 0 unspecified atom stereocenters. The summed E-state index contributed by atoms with van der Waals surface area (Å²) in [6.07, 6.45) is 4.18. The number of aromatic nitrogens is 3. The van der Waals surface area contributed by atoms with Crippen LogP contribution >= 0.6 is 0 Å². The predicted molar refractivity (Wildman–Crippen MR) is 171 cm³/mol. The highest BCUT2D eigenvalue weighted by molar-refractivity contribution is 5.98. The molecule has 1 aliphatic heterocycles. The van der Waals surface area contributed by atoms with Gasteiger partial charge in [0.2, 0.25) is 0 Å². The lowest BCUT2D eigenvalue weighted by Crippen LogP contribution is -2.34. The molecule has 4 aromatic rings. The van der Waals surface area contributed by atoms with Crippen molar-refractivity contribution in [2.75, 3.05) is 20.3 Å². The van der Waals surface area contributed by atoms with Gasteiger partial charge in [0.05, 0.1) is 35.8 Å². The number of carbonyl (C=O) groups is 4. The third-order valence-corrected chi connectivity index (χ3v) is 8.91. The number of hydrogen-bond acceptors (Lipinski definition) is 9. The topological polar surface area (TPSA) is 181 Å². The maximum atomic E-state index is 13.6. The first-order valence-electron chi connectivity index (χ1n) is 15.3. The fraction of sp³-hybridized carbons (Fsp3) is 0.294. The smallest absolute Gasteiger partial charge is 0.335 e. The number of aromatic carboxylic acids is 1. The minimum Gasteiger partial charge on any atom is -0.478 e. The molecule has 0 spiro atoms. The van der Waals surface area contributed by atoms with Gasteiger partial charge in [-0.1, -0.05) is 24.3 Å². The van der Waals surface area contributed by atoms with Crippen molar-refractivity contribution < 1.29 is 29.0 Å². The van der Waals surface area contributed by atoms with Crippen LogP contribution in [-0.2, 0) is 35.5 Å². The number of nitrogens with two attached hydrogens (primary N) is 1. The molecule has 2 amide bonds. The van der Waals surface area contributed by atoms with E-state index in [1.54, 1.807) is 32.2 Å². The molecule has 13 heteroatoms. The fourth-order valence-electron chi connectivity index (χ4n) is 6.47. The van der Waals surface area contributed by atoms with E-state index in [0.29, 0.717) is 49.1 Å². The quantitative estimate of drug-likeness (QED) is 0.149. The Hall–Kier alpha value is -5.56. The molecule has 3 heterocycles. The second-order valence-electron chi connectivity index (χ2n) is 11.7. The van der Waals surface area contributed by atoms with Crippen molar-refractivity contribution in [3.05, 3.63) is 110 Å². The van der Waals surface area contributed by atoms with Crippen molar-refractivity contribution in [3.8, 4) is 0 Å². The molecule has 0 radical (unpaired) electrons. The van der Waals surface area contributed by atoms with Crippen molar-refractivity contribution in [1.29, 1.82) is 0 Å². The molecular formula is C34H35N7O6. The van der Waals surface area contributed by atoms with Gasteiger partial charge in [-0.3, -0.25) is 14.4 Å². The fourth-order valence-corrected chi connectivity index (χ4v) is 6.47. The number of carboxylic acid groups (broad SMARTS) is 1. The monoisotopic (exact) mass is 637 g/mol. The summed E-state index contributed by atoms with van der Waals surface area (Å²) in [5.41, 5.74) is 13.2. The number of nitrogens with one attached hydrogen (secondary N) is 2. The van der Waals surface area contributed by atoms with Crippen LogP contribution in [0.1, 0.15) is 77.2 Å². The molecule has 0 saturated heterocycles. The van der Waals surface area contributed by atoms with Crippen molar-refractivity contribution in [3.63, 3.8) is 0 Å². The molecule has 0 saturated carbocycles. The lowest BCUT2D eigenvalue weighted by atomic mass is 9.96. The zero-order valence-corrected chi connectivity index (χ0v) is 26.1. The maximum absolute atomic E-state index is 13.6. The summed E-state index contributed by atoms with van der Waals surface area (Å²) >= 11 is 0. The van der Waals surface area contributed by atoms with Gasteiger partial charge < -0.3 is 31.1 Å². The molecule has 1 atom stereocenters. The van der Waals surface area contributed by atoms with Gasteiger partial charge in [-0.15, -0.1) is 0 Å². The van der Waals surface area contributed by atoms with E-state index in [2.05, 4.69) is 20.7 Å². The van der Waals surface area contributed by atoms with Gasteiger partial charge in [-0.05, 0) is 65.6 Å². The van der Waals surface area contributed by atoms with Crippen LogP contribution in [0.4, 0.5) is 0 Å². The molecule has 0 fully saturated rings. The molecule has 0 bridgehead atoms. The first-order chi connectivity index (χ1) is 22.7. The molecule has 2 aromatic heterocycles. The highest BCUT2D eigenvalue weighted by Gasteiger charge is 2.29. The second-order valence-corrected chi connectivity index (χ2v) is 11.7. The van der Waals surface area contributed by atoms with Gasteiger partial charge in [0.1, 0.15) is 11.4 Å². The van der Waals surface area contributed by atoms with E-state index in [-0.39, 0.29) is 41.8 Å². The van der Waals surface area contributed by atoms with Crippen molar-refractivity contribution in [1.82, 2.24) is 30.1 Å². The van der Waals surface area contributed by atoms with E-state index in [9.17, 15) is 24.3 Å². The van der Waals surface area contributed by atoms with Gasteiger partial charge in [-0.2, -0.15) is 5.10 Å². The Bertz CT molecular complexity index is 1950. The SMILES string of the molecule is COC/C(=C(/N)C=O)N1CCc2ccc(CNC(=O)c3cc(C(=O)N[C@H]4CCc5c4ccc(C(=O)O)c5C)n4nccc4n3)cc2C1. The number of ether oxygens (including phenoxy) is 1. The zero-order valence-electron chi connectivity index (χ0n) is 26.1. The van der Waals surface area contributed by atoms with E-state index in [1.165, 1.54) is 22.3 Å². The number of carbonyl (C=O) groups excluding carboxylic acids is 3. The van der Waals surface area contributed by atoms with E-state index >= 15 is 0 Å². The van der Waals surface area contributed by atoms with E-state index in [4.69, 9.17) is 10.5 Å². The zero-order chi connectivity index (χ0) is 33.2. The second kappa shape index (κ2) is 13.0. The number of methoxy groups -OCH3 is 1. The lowest BCUT2D eigenvalue weighted by Gasteiger charge is -2.33. The highest BCUT2D eigenvalue weighted by atomic mass is 16.5. The largest absolute Gasteiger partial charge is 0.478 e. The van der Waals surface area contributed by atoms with Crippen LogP contribution in [0.5, 0.6) is 0 Å². The molecule has 6 rings (SSSR count).